The van der Waals surface area contributed by atoms with Crippen molar-refractivity contribution in [1.29, 1.82) is 0 Å². The summed E-state index contributed by atoms with van der Waals surface area (Å²) in [4.78, 5) is 9.97. The zero-order valence-electron chi connectivity index (χ0n) is 3.28. The van der Waals surface area contributed by atoms with Gasteiger partial charge in [-0.1, -0.05) is 0 Å². The Morgan fingerprint density at radius 3 is 2.17 bits per heavy atom. The van der Waals surface area contributed by atoms with Crippen LogP contribution in [0, 0.1) is 5.92 Å². The highest BCUT2D eigenvalue weighted by Gasteiger charge is 2.27. The molecule has 0 amide bonds. The lowest BCUT2D eigenvalue weighted by atomic mass is 10.1. The first-order chi connectivity index (χ1) is 2.80. The molecule has 0 aromatic heterocycles. The first-order valence-electron chi connectivity index (χ1n) is 2.00. The lowest BCUT2D eigenvalue weighted by molar-refractivity contribution is -0.112. The smallest absolute Gasteiger partial charge is 0.224 e. The summed E-state index contributed by atoms with van der Waals surface area (Å²) in [6, 6.07) is 0. The summed E-state index contributed by atoms with van der Waals surface area (Å²) in [6.07, 6.45) is 2.03. The van der Waals surface area contributed by atoms with Crippen LogP contribution in [0.15, 0.2) is 0 Å². The molecule has 1 nitrogen and oxygen atoms in total. The van der Waals surface area contributed by atoms with Crippen LogP contribution in [0.3, 0.4) is 0 Å². The summed E-state index contributed by atoms with van der Waals surface area (Å²) in [6.45, 7) is 0. The number of halogens is 1. The van der Waals surface area contributed by atoms with E-state index in [-0.39, 0.29) is 11.2 Å². The van der Waals surface area contributed by atoms with Gasteiger partial charge >= 0.3 is 0 Å². The topological polar surface area (TPSA) is 17.1 Å². The van der Waals surface area contributed by atoms with Gasteiger partial charge in [-0.3, -0.25) is 4.79 Å². The number of rotatable bonds is 1. The highest BCUT2D eigenvalue weighted by Crippen LogP contribution is 2.30. The van der Waals surface area contributed by atoms with E-state index in [2.05, 4.69) is 0 Å². The van der Waals surface area contributed by atoms with Gasteiger partial charge in [0.25, 0.3) is 0 Å². The summed E-state index contributed by atoms with van der Waals surface area (Å²) in [5.74, 6) is 0.228. The summed E-state index contributed by atoms with van der Waals surface area (Å²) in [5.41, 5.74) is 0. The Morgan fingerprint density at radius 2 is 2.17 bits per heavy atom. The average molecular weight is 104 g/mol. The number of carbonyl (C=O) groups is 1. The fourth-order valence-electron chi connectivity index (χ4n) is 0.310. The predicted octanol–water partition coefficient (Wildman–Crippen LogP) is 1.16. The Kier molecular flexibility index (Phi) is 0.845. The number of hydrogen-bond donors (Lipinski definition) is 0. The Balaban J connectivity index is 2.31. The normalized spacial score (nSPS) is 20.8. The summed E-state index contributed by atoms with van der Waals surface area (Å²) in [7, 11) is 0. The highest BCUT2D eigenvalue weighted by molar-refractivity contribution is 6.64. The molecule has 0 saturated heterocycles. The predicted molar refractivity (Wildman–Crippen MR) is 23.6 cm³/mol. The molecular formula is C4H5ClO. The van der Waals surface area contributed by atoms with Crippen molar-refractivity contribution in [3.63, 3.8) is 0 Å². The zero-order chi connectivity index (χ0) is 4.57. The molecule has 0 N–H and O–H groups in total. The maximum atomic E-state index is 9.97. The van der Waals surface area contributed by atoms with E-state index < -0.39 is 0 Å². The van der Waals surface area contributed by atoms with Crippen molar-refractivity contribution in [3.8, 4) is 0 Å². The van der Waals surface area contributed by atoms with Gasteiger partial charge in [0.15, 0.2) is 0 Å². The molecule has 0 aromatic carbocycles. The van der Waals surface area contributed by atoms with Crippen molar-refractivity contribution in [2.75, 3.05) is 0 Å². The van der Waals surface area contributed by atoms with Crippen LogP contribution in [0.1, 0.15) is 12.8 Å². The third kappa shape index (κ3) is 0.716. The SMILES string of the molecule is O=[11C](Cl)C1CC1. The van der Waals surface area contributed by atoms with Crippen LogP contribution in [0.4, 0.5) is 0 Å². The van der Waals surface area contributed by atoms with Crippen molar-refractivity contribution < 1.29 is 4.79 Å². The van der Waals surface area contributed by atoms with Gasteiger partial charge in [0.05, 0.1) is 0 Å². The summed E-state index contributed by atoms with van der Waals surface area (Å²) in [5, 5.41) is -0.157. The Hall–Kier alpha value is -0.0400. The van der Waals surface area contributed by atoms with Crippen molar-refractivity contribution >= 4 is 16.8 Å². The van der Waals surface area contributed by atoms with Gasteiger partial charge in [-0.15, -0.1) is 0 Å². The molecule has 0 unspecified atom stereocenters. The molecule has 1 fully saturated rings. The van der Waals surface area contributed by atoms with Gasteiger partial charge in [-0.2, -0.15) is 0 Å². The lowest BCUT2D eigenvalue weighted by Gasteiger charge is -1.72. The monoisotopic (exact) mass is 103 g/mol. The molecule has 6 heavy (non-hydrogen) atoms. The minimum absolute atomic E-state index is 0.157. The molecule has 0 atom stereocenters. The van der Waals surface area contributed by atoms with Crippen molar-refractivity contribution in [2.24, 2.45) is 5.92 Å². The van der Waals surface area contributed by atoms with Crippen LogP contribution in [-0.2, 0) is 4.79 Å². The van der Waals surface area contributed by atoms with E-state index in [1.807, 2.05) is 0 Å². The van der Waals surface area contributed by atoms with Crippen molar-refractivity contribution in [2.45, 2.75) is 12.8 Å². The summed E-state index contributed by atoms with van der Waals surface area (Å²) < 4.78 is 0. The molecule has 0 spiro atoms. The first-order valence-corrected chi connectivity index (χ1v) is 2.38. The van der Waals surface area contributed by atoms with E-state index in [4.69, 9.17) is 11.6 Å². The second-order valence-electron chi connectivity index (χ2n) is 1.58. The zero-order valence-corrected chi connectivity index (χ0v) is 4.03. The maximum absolute atomic E-state index is 9.97. The van der Waals surface area contributed by atoms with Gasteiger partial charge in [0.1, 0.15) is 0 Å². The molecular weight excluding hydrogens is 98.5 g/mol. The van der Waals surface area contributed by atoms with Crippen LogP contribution >= 0.6 is 11.6 Å². The average Bonchev–Trinajstić information content (AvgIpc) is 2.06. The quantitative estimate of drug-likeness (QED) is 0.455. The van der Waals surface area contributed by atoms with Gasteiger partial charge in [-0.05, 0) is 24.4 Å². The Bertz CT molecular complexity index is 75.6. The third-order valence-corrected chi connectivity index (χ3v) is 1.21. The fraction of sp³-hybridized carbons (Fsp3) is 0.750. The molecule has 1 saturated carbocycles. The number of hydrogen-bond acceptors (Lipinski definition) is 1. The third-order valence-electron chi connectivity index (χ3n) is 0.898. The second-order valence-corrected chi connectivity index (χ2v) is 1.95. The molecule has 34 valence electrons. The van der Waals surface area contributed by atoms with E-state index in [1.54, 1.807) is 0 Å². The highest BCUT2D eigenvalue weighted by atomic mass is 35.5. The molecule has 2 heteroatoms. The van der Waals surface area contributed by atoms with Gasteiger partial charge in [0.2, 0.25) is 5.24 Å². The second kappa shape index (κ2) is 1.23. The van der Waals surface area contributed by atoms with Gasteiger partial charge in [0, 0.05) is 5.92 Å². The van der Waals surface area contributed by atoms with Gasteiger partial charge in [-0.25, -0.2) is 0 Å². The molecule has 0 radical (unpaired) electrons. The number of carbonyl (C=O) groups excluding carboxylic acids is 1. The molecule has 0 aromatic rings. The van der Waals surface area contributed by atoms with Crippen LogP contribution in [0.25, 0.3) is 0 Å². The molecule has 1 aliphatic rings. The summed E-state index contributed by atoms with van der Waals surface area (Å²) >= 11 is 5.04. The van der Waals surface area contributed by atoms with Crippen LogP contribution < -0.4 is 0 Å². The minimum Gasteiger partial charge on any atom is -0.281 e. The van der Waals surface area contributed by atoms with Crippen molar-refractivity contribution in [1.82, 2.24) is 0 Å². The lowest BCUT2D eigenvalue weighted by Crippen LogP contribution is -1.83. The standard InChI is InChI=1S/C4H5ClO/c5-4(6)3-1-2-3/h3H,1-2H2/i4-1. The van der Waals surface area contributed by atoms with Gasteiger partial charge < -0.3 is 0 Å². The van der Waals surface area contributed by atoms with Crippen LogP contribution in [-0.4, -0.2) is 5.24 Å². The van der Waals surface area contributed by atoms with E-state index in [1.165, 1.54) is 0 Å². The Labute approximate surface area is 41.3 Å². The maximum Gasteiger partial charge on any atom is 0.224 e. The van der Waals surface area contributed by atoms with E-state index >= 15 is 0 Å². The molecule has 0 aliphatic heterocycles. The minimum atomic E-state index is -0.157. The first kappa shape index (κ1) is 4.13. The molecule has 0 bridgehead atoms. The molecule has 0 heterocycles. The largest absolute Gasteiger partial charge is 0.281 e. The van der Waals surface area contributed by atoms with Crippen molar-refractivity contribution in [3.05, 3.63) is 0 Å². The molecule has 1 rings (SSSR count). The van der Waals surface area contributed by atoms with E-state index in [0.29, 0.717) is 0 Å². The van der Waals surface area contributed by atoms with Crippen LogP contribution in [0.5, 0.6) is 0 Å². The molecule has 1 aliphatic carbocycles. The van der Waals surface area contributed by atoms with E-state index in [9.17, 15) is 4.79 Å². The van der Waals surface area contributed by atoms with Crippen LogP contribution in [0.2, 0.25) is 0 Å². The Morgan fingerprint density at radius 1 is 1.67 bits per heavy atom. The fourth-order valence-corrected chi connectivity index (χ4v) is 0.529. The van der Waals surface area contributed by atoms with E-state index in [0.717, 1.165) is 12.8 Å².